The van der Waals surface area contributed by atoms with Crippen molar-refractivity contribution in [2.24, 2.45) is 0 Å². The summed E-state index contributed by atoms with van der Waals surface area (Å²) in [6.07, 6.45) is 3.86. The fourth-order valence-electron chi connectivity index (χ4n) is 2.56. The monoisotopic (exact) mass is 544 g/mol. The minimum absolute atomic E-state index is 0.557. The second-order valence-corrected chi connectivity index (χ2v) is 8.68. The Labute approximate surface area is 191 Å². The van der Waals surface area contributed by atoms with Crippen LogP contribution in [0.4, 0.5) is 5.82 Å². The molecule has 1 N–H and O–H groups in total. The highest BCUT2D eigenvalue weighted by Crippen LogP contribution is 2.23. The van der Waals surface area contributed by atoms with Crippen LogP contribution >= 0.6 is 55.7 Å². The normalized spacial score (nSPS) is 10.9. The van der Waals surface area contributed by atoms with Gasteiger partial charge in [-0.05, 0) is 62.6 Å². The van der Waals surface area contributed by atoms with Gasteiger partial charge in [0.2, 0.25) is 0 Å². The van der Waals surface area contributed by atoms with E-state index in [1.54, 1.807) is 0 Å². The molecule has 0 aliphatic heterocycles. The number of nitrogens with zero attached hydrogens (tertiary/aromatic N) is 5. The molecule has 0 amide bonds. The molecule has 3 rings (SSSR count). The zero-order valence-corrected chi connectivity index (χ0v) is 20.1. The van der Waals surface area contributed by atoms with Crippen molar-refractivity contribution in [2.45, 2.75) is 26.6 Å². The van der Waals surface area contributed by atoms with Gasteiger partial charge in [0, 0.05) is 31.0 Å². The van der Waals surface area contributed by atoms with Gasteiger partial charge in [-0.25, -0.2) is 0 Å². The lowest BCUT2D eigenvalue weighted by atomic mass is 10.2. The summed E-state index contributed by atoms with van der Waals surface area (Å²) >= 11 is 18.9. The van der Waals surface area contributed by atoms with E-state index in [1.165, 1.54) is 0 Å². The van der Waals surface area contributed by atoms with Crippen molar-refractivity contribution < 1.29 is 0 Å². The summed E-state index contributed by atoms with van der Waals surface area (Å²) in [6.45, 7) is 4.03. The molecule has 10 heteroatoms. The van der Waals surface area contributed by atoms with Gasteiger partial charge < -0.3 is 10.2 Å². The van der Waals surface area contributed by atoms with Crippen LogP contribution in [0, 0.1) is 0 Å². The summed E-state index contributed by atoms with van der Waals surface area (Å²) in [5, 5.41) is 13.6. The van der Waals surface area contributed by atoms with E-state index in [-0.39, 0.29) is 0 Å². The van der Waals surface area contributed by atoms with E-state index < -0.39 is 0 Å². The maximum atomic E-state index is 6.24. The molecule has 0 fully saturated rings. The maximum absolute atomic E-state index is 6.24. The molecule has 0 aliphatic carbocycles. The molecule has 0 unspecified atom stereocenters. The second kappa shape index (κ2) is 9.39. The predicted molar refractivity (Wildman–Crippen MR) is 124 cm³/mol. The average molecular weight is 547 g/mol. The summed E-state index contributed by atoms with van der Waals surface area (Å²) in [6, 6.07) is 7.72. The molecule has 2 heterocycles. The zero-order chi connectivity index (χ0) is 20.3. The predicted octanol–water partition coefficient (Wildman–Crippen LogP) is 5.16. The SMILES string of the molecule is CCn1cc(Br)c(CN(C)C(=S)Nc2nn(Cc3ccccc3Cl)cc2Br)n1. The molecule has 6 nitrogen and oxygen atoms in total. The number of aryl methyl sites for hydroxylation is 1. The Kier molecular flexibility index (Phi) is 7.14. The standard InChI is InChI=1S/C18H19Br2ClN6S/c1-3-26-9-13(19)16(23-26)11-25(2)18(28)22-17-14(20)10-27(24-17)8-12-6-4-5-7-15(12)21/h4-7,9-10H,3,8,11H2,1-2H3,(H,22,24,28). The van der Waals surface area contributed by atoms with Crippen molar-refractivity contribution in [3.8, 4) is 0 Å². The quantitative estimate of drug-likeness (QED) is 0.433. The van der Waals surface area contributed by atoms with E-state index in [0.29, 0.717) is 24.0 Å². The minimum Gasteiger partial charge on any atom is -0.346 e. The van der Waals surface area contributed by atoms with E-state index in [9.17, 15) is 0 Å². The Morgan fingerprint density at radius 1 is 1.18 bits per heavy atom. The van der Waals surface area contributed by atoms with Gasteiger partial charge in [0.25, 0.3) is 0 Å². The third-order valence-corrected chi connectivity index (χ3v) is 6.10. The zero-order valence-electron chi connectivity index (χ0n) is 15.4. The van der Waals surface area contributed by atoms with Gasteiger partial charge in [-0.2, -0.15) is 10.2 Å². The van der Waals surface area contributed by atoms with Crippen LogP contribution in [0.15, 0.2) is 45.6 Å². The smallest absolute Gasteiger partial charge is 0.174 e. The first-order valence-electron chi connectivity index (χ1n) is 8.57. The Morgan fingerprint density at radius 2 is 1.89 bits per heavy atom. The van der Waals surface area contributed by atoms with E-state index in [2.05, 4.69) is 54.3 Å². The van der Waals surface area contributed by atoms with E-state index >= 15 is 0 Å². The van der Waals surface area contributed by atoms with Crippen molar-refractivity contribution in [2.75, 3.05) is 12.4 Å². The highest BCUT2D eigenvalue weighted by molar-refractivity contribution is 9.10. The molecule has 0 atom stereocenters. The summed E-state index contributed by atoms with van der Waals surface area (Å²) in [5.41, 5.74) is 1.93. The number of hydrogen-bond acceptors (Lipinski definition) is 3. The van der Waals surface area contributed by atoms with Crippen LogP contribution in [-0.2, 0) is 19.6 Å². The molecule has 148 valence electrons. The molecule has 3 aromatic rings. The summed E-state index contributed by atoms with van der Waals surface area (Å²) in [5.74, 6) is 0.655. The fourth-order valence-corrected chi connectivity index (χ4v) is 3.78. The van der Waals surface area contributed by atoms with Crippen LogP contribution < -0.4 is 5.32 Å². The van der Waals surface area contributed by atoms with Gasteiger partial charge in [-0.15, -0.1) is 0 Å². The molecular formula is C18H19Br2ClN6S. The molecule has 28 heavy (non-hydrogen) atoms. The first-order chi connectivity index (χ1) is 13.4. The topological polar surface area (TPSA) is 50.9 Å². The third-order valence-electron chi connectivity index (χ3n) is 4.08. The maximum Gasteiger partial charge on any atom is 0.174 e. The lowest BCUT2D eigenvalue weighted by Gasteiger charge is -2.19. The highest BCUT2D eigenvalue weighted by atomic mass is 79.9. The van der Waals surface area contributed by atoms with Gasteiger partial charge in [-0.3, -0.25) is 9.36 Å². The highest BCUT2D eigenvalue weighted by Gasteiger charge is 2.14. The fraction of sp³-hybridized carbons (Fsp3) is 0.278. The number of halogens is 3. The molecule has 0 spiro atoms. The van der Waals surface area contributed by atoms with Gasteiger partial charge in [0.05, 0.1) is 27.7 Å². The lowest BCUT2D eigenvalue weighted by Crippen LogP contribution is -2.31. The Hall–Kier alpha value is -1.42. The first kappa shape index (κ1) is 21.3. The largest absolute Gasteiger partial charge is 0.346 e. The number of rotatable bonds is 6. The van der Waals surface area contributed by atoms with Crippen LogP contribution in [0.25, 0.3) is 0 Å². The Bertz CT molecular complexity index is 986. The Balaban J connectivity index is 1.65. The summed E-state index contributed by atoms with van der Waals surface area (Å²) < 4.78 is 5.49. The van der Waals surface area contributed by atoms with E-state index in [1.807, 2.05) is 58.0 Å². The van der Waals surface area contributed by atoms with Gasteiger partial charge >= 0.3 is 0 Å². The second-order valence-electron chi connectivity index (χ2n) is 6.18. The number of benzene rings is 1. The van der Waals surface area contributed by atoms with Crippen molar-refractivity contribution in [1.82, 2.24) is 24.5 Å². The number of aromatic nitrogens is 4. The van der Waals surface area contributed by atoms with Crippen molar-refractivity contribution in [3.05, 3.63) is 61.9 Å². The number of anilines is 1. The van der Waals surface area contributed by atoms with Crippen molar-refractivity contribution in [3.63, 3.8) is 0 Å². The van der Waals surface area contributed by atoms with Crippen LogP contribution in [0.5, 0.6) is 0 Å². The molecule has 0 saturated heterocycles. The van der Waals surface area contributed by atoms with Crippen LogP contribution in [0.3, 0.4) is 0 Å². The van der Waals surface area contributed by atoms with Crippen molar-refractivity contribution in [1.29, 1.82) is 0 Å². The molecule has 0 radical (unpaired) electrons. The molecular weight excluding hydrogens is 528 g/mol. The number of nitrogens with one attached hydrogen (secondary N) is 1. The molecule has 0 bridgehead atoms. The van der Waals surface area contributed by atoms with E-state index in [0.717, 1.165) is 31.8 Å². The summed E-state index contributed by atoms with van der Waals surface area (Å²) in [7, 11) is 1.92. The first-order valence-corrected chi connectivity index (χ1v) is 10.9. The van der Waals surface area contributed by atoms with E-state index in [4.69, 9.17) is 23.8 Å². The van der Waals surface area contributed by atoms with Crippen LogP contribution in [0.1, 0.15) is 18.2 Å². The number of thiocarbonyl (C=S) groups is 1. The third kappa shape index (κ3) is 5.14. The molecule has 1 aromatic carbocycles. The number of hydrogen-bond donors (Lipinski definition) is 1. The molecule has 0 aliphatic rings. The molecule has 0 saturated carbocycles. The lowest BCUT2D eigenvalue weighted by molar-refractivity contribution is 0.491. The van der Waals surface area contributed by atoms with Gasteiger partial charge in [0.15, 0.2) is 10.9 Å². The van der Waals surface area contributed by atoms with Gasteiger partial charge in [0.1, 0.15) is 0 Å². The minimum atomic E-state index is 0.557. The molecule has 2 aromatic heterocycles. The van der Waals surface area contributed by atoms with Crippen LogP contribution in [0.2, 0.25) is 5.02 Å². The Morgan fingerprint density at radius 3 is 2.57 bits per heavy atom. The van der Waals surface area contributed by atoms with Crippen LogP contribution in [-0.4, -0.2) is 36.6 Å². The average Bonchev–Trinajstić information content (AvgIpc) is 3.19. The summed E-state index contributed by atoms with van der Waals surface area (Å²) in [4.78, 5) is 1.92. The van der Waals surface area contributed by atoms with Gasteiger partial charge in [-0.1, -0.05) is 29.8 Å². The van der Waals surface area contributed by atoms with Crippen molar-refractivity contribution >= 4 is 66.6 Å².